The Morgan fingerprint density at radius 1 is 1.42 bits per heavy atom. The van der Waals surface area contributed by atoms with Gasteiger partial charge in [-0.15, -0.1) is 12.4 Å². The van der Waals surface area contributed by atoms with Crippen LogP contribution in [0.1, 0.15) is 42.7 Å². The molecule has 0 saturated carbocycles. The SMILES string of the molecule is CC(C)c1nc2c(o1)CCN(C(=O)Cc1cccc(OCCN)c1)C2.Cl. The van der Waals surface area contributed by atoms with Gasteiger partial charge in [0.1, 0.15) is 23.8 Å². The van der Waals surface area contributed by atoms with Gasteiger partial charge in [0.2, 0.25) is 5.91 Å². The van der Waals surface area contributed by atoms with Gasteiger partial charge in [-0.05, 0) is 17.7 Å². The monoisotopic (exact) mass is 379 g/mol. The van der Waals surface area contributed by atoms with Crippen molar-refractivity contribution in [1.82, 2.24) is 9.88 Å². The van der Waals surface area contributed by atoms with Gasteiger partial charge in [-0.1, -0.05) is 26.0 Å². The summed E-state index contributed by atoms with van der Waals surface area (Å²) in [7, 11) is 0. The van der Waals surface area contributed by atoms with E-state index in [4.69, 9.17) is 14.9 Å². The lowest BCUT2D eigenvalue weighted by molar-refractivity contribution is -0.131. The summed E-state index contributed by atoms with van der Waals surface area (Å²) in [5.74, 6) is 2.77. The molecule has 1 aromatic carbocycles. The Hall–Kier alpha value is -2.05. The first-order valence-corrected chi connectivity index (χ1v) is 8.75. The number of benzene rings is 1. The van der Waals surface area contributed by atoms with Crippen LogP contribution in [0.5, 0.6) is 5.75 Å². The quantitative estimate of drug-likeness (QED) is 0.834. The summed E-state index contributed by atoms with van der Waals surface area (Å²) in [6.45, 7) is 6.24. The predicted molar refractivity (Wildman–Crippen MR) is 102 cm³/mol. The lowest BCUT2D eigenvalue weighted by atomic mass is 10.1. The number of oxazole rings is 1. The molecule has 1 aliphatic heterocycles. The zero-order valence-corrected chi connectivity index (χ0v) is 16.1. The van der Waals surface area contributed by atoms with Crippen LogP contribution in [0.3, 0.4) is 0 Å². The van der Waals surface area contributed by atoms with E-state index in [-0.39, 0.29) is 24.2 Å². The highest BCUT2D eigenvalue weighted by Gasteiger charge is 2.26. The molecule has 0 bridgehead atoms. The molecule has 0 radical (unpaired) electrons. The van der Waals surface area contributed by atoms with Crippen LogP contribution in [0.25, 0.3) is 0 Å². The molecule has 2 N–H and O–H groups in total. The second-order valence-corrected chi connectivity index (χ2v) is 6.60. The van der Waals surface area contributed by atoms with Gasteiger partial charge in [0.15, 0.2) is 5.89 Å². The van der Waals surface area contributed by atoms with Crippen molar-refractivity contribution < 1.29 is 13.9 Å². The lowest BCUT2D eigenvalue weighted by Crippen LogP contribution is -2.36. The van der Waals surface area contributed by atoms with Gasteiger partial charge in [-0.2, -0.15) is 0 Å². The highest BCUT2D eigenvalue weighted by Crippen LogP contribution is 2.24. The Morgan fingerprint density at radius 2 is 2.23 bits per heavy atom. The van der Waals surface area contributed by atoms with Gasteiger partial charge in [-0.25, -0.2) is 4.98 Å². The van der Waals surface area contributed by atoms with Gasteiger partial charge in [0.25, 0.3) is 0 Å². The zero-order chi connectivity index (χ0) is 17.8. The van der Waals surface area contributed by atoms with Crippen molar-refractivity contribution in [3.8, 4) is 5.75 Å². The summed E-state index contributed by atoms with van der Waals surface area (Å²) in [4.78, 5) is 19.0. The number of halogens is 1. The van der Waals surface area contributed by atoms with Gasteiger partial charge < -0.3 is 19.8 Å². The van der Waals surface area contributed by atoms with Crippen LogP contribution < -0.4 is 10.5 Å². The number of hydrogen-bond donors (Lipinski definition) is 1. The third kappa shape index (κ3) is 4.77. The van der Waals surface area contributed by atoms with Crippen LogP contribution in [-0.4, -0.2) is 35.5 Å². The first kappa shape index (κ1) is 20.3. The molecule has 1 aliphatic rings. The minimum atomic E-state index is 0. The summed E-state index contributed by atoms with van der Waals surface area (Å²) in [5.41, 5.74) is 7.28. The molecule has 26 heavy (non-hydrogen) atoms. The van der Waals surface area contributed by atoms with Crippen molar-refractivity contribution in [2.75, 3.05) is 19.7 Å². The van der Waals surface area contributed by atoms with E-state index in [1.165, 1.54) is 0 Å². The maximum absolute atomic E-state index is 12.7. The van der Waals surface area contributed by atoms with Gasteiger partial charge >= 0.3 is 0 Å². The van der Waals surface area contributed by atoms with Crippen LogP contribution in [0.2, 0.25) is 0 Å². The molecule has 0 saturated heterocycles. The number of aromatic nitrogens is 1. The van der Waals surface area contributed by atoms with Gasteiger partial charge in [-0.3, -0.25) is 4.79 Å². The Kier molecular flexibility index (Phi) is 7.06. The molecule has 0 atom stereocenters. The molecule has 2 heterocycles. The van der Waals surface area contributed by atoms with E-state index in [1.54, 1.807) is 0 Å². The Morgan fingerprint density at radius 3 is 2.96 bits per heavy atom. The average molecular weight is 380 g/mol. The predicted octanol–water partition coefficient (Wildman–Crippen LogP) is 2.68. The summed E-state index contributed by atoms with van der Waals surface area (Å²) in [5, 5.41) is 0. The minimum Gasteiger partial charge on any atom is -0.492 e. The number of amides is 1. The van der Waals surface area contributed by atoms with E-state index in [0.29, 0.717) is 32.7 Å². The van der Waals surface area contributed by atoms with Crippen LogP contribution in [0.4, 0.5) is 0 Å². The van der Waals surface area contributed by atoms with Crippen LogP contribution in [0.15, 0.2) is 28.7 Å². The summed E-state index contributed by atoms with van der Waals surface area (Å²) in [6, 6.07) is 7.61. The second kappa shape index (κ2) is 9.05. The number of hydrogen-bond acceptors (Lipinski definition) is 5. The molecule has 3 rings (SSSR count). The van der Waals surface area contributed by atoms with Crippen LogP contribution in [0, 0.1) is 0 Å². The van der Waals surface area contributed by atoms with Crippen molar-refractivity contribution in [1.29, 1.82) is 0 Å². The molecule has 0 fully saturated rings. The normalized spacial score (nSPS) is 13.3. The summed E-state index contributed by atoms with van der Waals surface area (Å²) >= 11 is 0. The van der Waals surface area contributed by atoms with E-state index < -0.39 is 0 Å². The smallest absolute Gasteiger partial charge is 0.227 e. The van der Waals surface area contributed by atoms with Crippen molar-refractivity contribution >= 4 is 18.3 Å². The fraction of sp³-hybridized carbons (Fsp3) is 0.474. The molecule has 7 heteroatoms. The Bertz CT molecular complexity index is 745. The maximum Gasteiger partial charge on any atom is 0.227 e. The first-order chi connectivity index (χ1) is 12.1. The van der Waals surface area contributed by atoms with Crippen molar-refractivity contribution in [2.24, 2.45) is 5.73 Å². The molecule has 0 aliphatic carbocycles. The van der Waals surface area contributed by atoms with Gasteiger partial charge in [0.05, 0.1) is 13.0 Å². The third-order valence-electron chi connectivity index (χ3n) is 4.23. The first-order valence-electron chi connectivity index (χ1n) is 8.75. The third-order valence-corrected chi connectivity index (χ3v) is 4.23. The summed E-state index contributed by atoms with van der Waals surface area (Å²) in [6.07, 6.45) is 1.07. The molecule has 2 aromatic rings. The molecule has 142 valence electrons. The number of nitrogens with two attached hydrogens (primary N) is 1. The van der Waals surface area contributed by atoms with Crippen molar-refractivity contribution in [3.63, 3.8) is 0 Å². The Labute approximate surface area is 160 Å². The largest absolute Gasteiger partial charge is 0.492 e. The van der Waals surface area contributed by atoms with Crippen molar-refractivity contribution in [3.05, 3.63) is 47.2 Å². The van der Waals surface area contributed by atoms with E-state index in [2.05, 4.69) is 18.8 Å². The van der Waals surface area contributed by atoms with E-state index in [0.717, 1.165) is 35.1 Å². The topological polar surface area (TPSA) is 81.6 Å². The van der Waals surface area contributed by atoms with Crippen molar-refractivity contribution in [2.45, 2.75) is 39.2 Å². The Balaban J connectivity index is 0.00000243. The van der Waals surface area contributed by atoms with E-state index in [1.807, 2.05) is 29.2 Å². The average Bonchev–Trinajstić information content (AvgIpc) is 3.04. The van der Waals surface area contributed by atoms with Crippen LogP contribution >= 0.6 is 12.4 Å². The van der Waals surface area contributed by atoms with E-state index >= 15 is 0 Å². The number of fused-ring (bicyclic) bond motifs is 1. The summed E-state index contributed by atoms with van der Waals surface area (Å²) < 4.78 is 11.3. The molecule has 6 nitrogen and oxygen atoms in total. The standard InChI is InChI=1S/C19H25N3O3.ClH/c1-13(2)19-21-16-12-22(8-6-17(16)25-19)18(23)11-14-4-3-5-15(10-14)24-9-7-20;/h3-5,10,13H,6-9,11-12,20H2,1-2H3;1H. The molecule has 0 spiro atoms. The van der Waals surface area contributed by atoms with E-state index in [9.17, 15) is 4.79 Å². The molecule has 1 aromatic heterocycles. The number of rotatable bonds is 6. The number of ether oxygens (including phenoxy) is 1. The minimum absolute atomic E-state index is 0. The fourth-order valence-electron chi connectivity index (χ4n) is 2.89. The number of carbonyl (C=O) groups excluding carboxylic acids is 1. The molecular formula is C19H26ClN3O3. The fourth-order valence-corrected chi connectivity index (χ4v) is 2.89. The molecule has 1 amide bonds. The maximum atomic E-state index is 12.7. The van der Waals surface area contributed by atoms with Crippen LogP contribution in [-0.2, 0) is 24.2 Å². The zero-order valence-electron chi connectivity index (χ0n) is 15.2. The lowest BCUT2D eigenvalue weighted by Gasteiger charge is -2.25. The second-order valence-electron chi connectivity index (χ2n) is 6.60. The molecular weight excluding hydrogens is 354 g/mol. The number of nitrogens with zero attached hydrogens (tertiary/aromatic N) is 2. The number of carbonyl (C=O) groups is 1. The highest BCUT2D eigenvalue weighted by atomic mass is 35.5. The molecule has 0 unspecified atom stereocenters. The highest BCUT2D eigenvalue weighted by molar-refractivity contribution is 5.85. The van der Waals surface area contributed by atoms with Gasteiger partial charge in [0, 0.05) is 25.4 Å².